The highest BCUT2D eigenvalue weighted by Gasteiger charge is 2.67. The van der Waals surface area contributed by atoms with E-state index < -0.39 is 0 Å². The molecule has 13 heavy (non-hydrogen) atoms. The van der Waals surface area contributed by atoms with Gasteiger partial charge in [0.05, 0.1) is 0 Å². The molecule has 2 nitrogen and oxygen atoms in total. The Hall–Kier alpha value is 0.0700. The SMILES string of the molecule is C[C@]12CC[C@H](C(=O)C1=O)[C@@]2(C)CI. The van der Waals surface area contributed by atoms with Gasteiger partial charge in [0.2, 0.25) is 11.6 Å². The Kier molecular flexibility index (Phi) is 1.89. The van der Waals surface area contributed by atoms with Crippen LogP contribution in [-0.4, -0.2) is 16.0 Å². The fourth-order valence-corrected chi connectivity index (χ4v) is 4.26. The lowest BCUT2D eigenvalue weighted by atomic mass is 9.70. The van der Waals surface area contributed by atoms with Crippen LogP contribution in [0.1, 0.15) is 26.7 Å². The fraction of sp³-hybridized carbons (Fsp3) is 0.800. The van der Waals surface area contributed by atoms with E-state index in [4.69, 9.17) is 0 Å². The lowest BCUT2D eigenvalue weighted by molar-refractivity contribution is -0.141. The summed E-state index contributed by atoms with van der Waals surface area (Å²) in [5.41, 5.74) is -0.419. The first-order chi connectivity index (χ1) is 5.97. The minimum Gasteiger partial charge on any atom is -0.291 e. The summed E-state index contributed by atoms with van der Waals surface area (Å²) in [6.07, 6.45) is 1.82. The van der Waals surface area contributed by atoms with E-state index in [2.05, 4.69) is 29.5 Å². The summed E-state index contributed by atoms with van der Waals surface area (Å²) in [6, 6.07) is 0. The molecule has 2 bridgehead atoms. The molecule has 2 aliphatic rings. The second kappa shape index (κ2) is 2.55. The molecule has 0 radical (unpaired) electrons. The third-order valence-corrected chi connectivity index (χ3v) is 5.87. The monoisotopic (exact) mass is 292 g/mol. The number of alkyl halides is 1. The molecule has 0 spiro atoms. The summed E-state index contributed by atoms with van der Waals surface area (Å²) < 4.78 is 0.906. The van der Waals surface area contributed by atoms with Crippen molar-refractivity contribution < 1.29 is 9.59 Å². The van der Waals surface area contributed by atoms with E-state index >= 15 is 0 Å². The number of carbonyl (C=O) groups excluding carboxylic acids is 2. The fourth-order valence-electron chi connectivity index (χ4n) is 2.89. The first-order valence-corrected chi connectivity index (χ1v) is 6.14. The van der Waals surface area contributed by atoms with Crippen molar-refractivity contribution in [3.05, 3.63) is 0 Å². The molecule has 3 heteroatoms. The highest BCUT2D eigenvalue weighted by molar-refractivity contribution is 14.1. The van der Waals surface area contributed by atoms with Gasteiger partial charge in [0.25, 0.3) is 0 Å². The van der Waals surface area contributed by atoms with Crippen LogP contribution >= 0.6 is 22.6 Å². The zero-order chi connectivity index (χ0) is 9.85. The molecule has 2 aliphatic carbocycles. The molecule has 0 aromatic rings. The molecule has 0 amide bonds. The summed E-state index contributed by atoms with van der Waals surface area (Å²) in [7, 11) is 0. The van der Waals surface area contributed by atoms with Gasteiger partial charge in [0.1, 0.15) is 0 Å². The number of fused-ring (bicyclic) bond motifs is 2. The Morgan fingerprint density at radius 2 is 2.08 bits per heavy atom. The van der Waals surface area contributed by atoms with E-state index in [-0.39, 0.29) is 28.3 Å². The Balaban J connectivity index is 2.55. The maximum Gasteiger partial charge on any atom is 0.205 e. The first-order valence-electron chi connectivity index (χ1n) is 4.62. The molecule has 72 valence electrons. The van der Waals surface area contributed by atoms with E-state index in [0.29, 0.717) is 0 Å². The van der Waals surface area contributed by atoms with E-state index in [9.17, 15) is 9.59 Å². The topological polar surface area (TPSA) is 34.1 Å². The molecule has 0 heterocycles. The molecule has 3 atom stereocenters. The summed E-state index contributed by atoms with van der Waals surface area (Å²) in [6.45, 7) is 4.07. The van der Waals surface area contributed by atoms with E-state index in [1.807, 2.05) is 6.92 Å². The zero-order valence-corrected chi connectivity index (χ0v) is 10.1. The predicted octanol–water partition coefficient (Wildman–Crippen LogP) is 2.00. The maximum absolute atomic E-state index is 11.7. The molecule has 0 N–H and O–H groups in total. The van der Waals surface area contributed by atoms with Gasteiger partial charge in [-0.25, -0.2) is 0 Å². The Bertz CT molecular complexity index is 299. The number of Topliss-reactive ketones (excluding diaryl/α,β-unsaturated/α-hetero) is 2. The van der Waals surface area contributed by atoms with Gasteiger partial charge in [-0.05, 0) is 18.3 Å². The highest BCUT2D eigenvalue weighted by Crippen LogP contribution is 2.62. The Labute approximate surface area is 91.6 Å². The lowest BCUT2D eigenvalue weighted by Crippen LogP contribution is -2.36. The lowest BCUT2D eigenvalue weighted by Gasteiger charge is -2.33. The number of rotatable bonds is 1. The first kappa shape index (κ1) is 9.62. The molecule has 0 aromatic heterocycles. The molecule has 0 aromatic carbocycles. The van der Waals surface area contributed by atoms with Crippen molar-refractivity contribution >= 4 is 34.2 Å². The van der Waals surface area contributed by atoms with Gasteiger partial charge in [-0.3, -0.25) is 9.59 Å². The highest BCUT2D eigenvalue weighted by atomic mass is 127. The molecule has 0 unspecified atom stereocenters. The third-order valence-electron chi connectivity index (χ3n) is 4.28. The van der Waals surface area contributed by atoms with Gasteiger partial charge in [-0.15, -0.1) is 0 Å². The smallest absolute Gasteiger partial charge is 0.205 e. The Morgan fingerprint density at radius 1 is 1.46 bits per heavy atom. The maximum atomic E-state index is 11.7. The number of ketones is 2. The molecule has 2 fully saturated rings. The average Bonchev–Trinajstić information content (AvgIpc) is 2.44. The number of halogens is 1. The van der Waals surface area contributed by atoms with E-state index in [0.717, 1.165) is 17.3 Å². The van der Waals surface area contributed by atoms with Gasteiger partial charge in [0.15, 0.2) is 0 Å². The van der Waals surface area contributed by atoms with Crippen LogP contribution in [0.3, 0.4) is 0 Å². The van der Waals surface area contributed by atoms with Crippen LogP contribution in [0.5, 0.6) is 0 Å². The number of hydrogen-bond acceptors (Lipinski definition) is 2. The minimum absolute atomic E-state index is 0.0156. The second-order valence-electron chi connectivity index (χ2n) is 4.67. The van der Waals surface area contributed by atoms with Crippen LogP contribution < -0.4 is 0 Å². The molecule has 0 saturated heterocycles. The third kappa shape index (κ3) is 0.845. The van der Waals surface area contributed by atoms with Crippen molar-refractivity contribution in [2.24, 2.45) is 16.7 Å². The van der Waals surface area contributed by atoms with E-state index in [1.54, 1.807) is 0 Å². The standard InChI is InChI=1S/C10H13IO2/c1-9-4-3-6(7(12)8(9)13)10(9,2)5-11/h6H,3-5H2,1-2H3/t6-,9+,10-/m1/s1. The quantitative estimate of drug-likeness (QED) is 0.421. The summed E-state index contributed by atoms with van der Waals surface area (Å²) in [5.74, 6) is -0.197. The van der Waals surface area contributed by atoms with Crippen LogP contribution in [0.2, 0.25) is 0 Å². The van der Waals surface area contributed by atoms with Gasteiger partial charge in [-0.1, -0.05) is 36.4 Å². The zero-order valence-electron chi connectivity index (χ0n) is 7.89. The van der Waals surface area contributed by atoms with Gasteiger partial charge >= 0.3 is 0 Å². The van der Waals surface area contributed by atoms with Crippen molar-refractivity contribution in [1.82, 2.24) is 0 Å². The number of carbonyl (C=O) groups is 2. The average molecular weight is 292 g/mol. The van der Waals surface area contributed by atoms with Gasteiger partial charge in [-0.2, -0.15) is 0 Å². The van der Waals surface area contributed by atoms with Crippen LogP contribution in [0.4, 0.5) is 0 Å². The summed E-state index contributed by atoms with van der Waals surface area (Å²) >= 11 is 2.30. The largest absolute Gasteiger partial charge is 0.291 e. The van der Waals surface area contributed by atoms with Crippen molar-refractivity contribution in [2.45, 2.75) is 26.7 Å². The van der Waals surface area contributed by atoms with Crippen LogP contribution in [0, 0.1) is 16.7 Å². The summed E-state index contributed by atoms with van der Waals surface area (Å²) in [4.78, 5) is 23.3. The normalized spacial score (nSPS) is 49.0. The molecule has 0 aliphatic heterocycles. The van der Waals surface area contributed by atoms with Crippen LogP contribution in [0.15, 0.2) is 0 Å². The summed E-state index contributed by atoms with van der Waals surface area (Å²) in [5, 5.41) is 0. The number of hydrogen-bond donors (Lipinski definition) is 0. The Morgan fingerprint density at radius 3 is 2.38 bits per heavy atom. The van der Waals surface area contributed by atoms with E-state index in [1.165, 1.54) is 0 Å². The van der Waals surface area contributed by atoms with Gasteiger partial charge < -0.3 is 0 Å². The van der Waals surface area contributed by atoms with Crippen LogP contribution in [-0.2, 0) is 9.59 Å². The molecular weight excluding hydrogens is 279 g/mol. The van der Waals surface area contributed by atoms with Crippen molar-refractivity contribution in [1.29, 1.82) is 0 Å². The second-order valence-corrected chi connectivity index (χ2v) is 5.43. The van der Waals surface area contributed by atoms with Crippen LogP contribution in [0.25, 0.3) is 0 Å². The molecular formula is C10H13IO2. The van der Waals surface area contributed by atoms with Crippen molar-refractivity contribution in [2.75, 3.05) is 4.43 Å². The van der Waals surface area contributed by atoms with Gasteiger partial charge in [0, 0.05) is 15.8 Å². The molecule has 2 saturated carbocycles. The predicted molar refractivity (Wildman–Crippen MR) is 57.8 cm³/mol. The van der Waals surface area contributed by atoms with Crippen molar-refractivity contribution in [3.8, 4) is 0 Å². The van der Waals surface area contributed by atoms with Crippen molar-refractivity contribution in [3.63, 3.8) is 0 Å². The molecule has 2 rings (SSSR count). The minimum atomic E-state index is -0.351.